The summed E-state index contributed by atoms with van der Waals surface area (Å²) in [5.74, 6) is 0. The summed E-state index contributed by atoms with van der Waals surface area (Å²) >= 11 is 3.17. The van der Waals surface area contributed by atoms with E-state index in [0.717, 1.165) is 5.69 Å². The molecular formula is C6H7BrN2. The van der Waals surface area contributed by atoms with Gasteiger partial charge in [0.1, 0.15) is 0 Å². The number of halogens is 1. The quantitative estimate of drug-likeness (QED) is 0.655. The molecule has 0 saturated heterocycles. The lowest BCUT2D eigenvalue weighted by Gasteiger charge is -1.81. The molecule has 0 N–H and O–H groups in total. The summed E-state index contributed by atoms with van der Waals surface area (Å²) in [5, 5.41) is 4.10. The van der Waals surface area contributed by atoms with E-state index in [0.29, 0.717) is 0 Å². The molecule has 0 atom stereocenters. The fourth-order valence-electron chi connectivity index (χ4n) is 0.586. The number of hydrogen-bond donors (Lipinski definition) is 0. The smallest absolute Gasteiger partial charge is 0.0855 e. The zero-order chi connectivity index (χ0) is 6.69. The van der Waals surface area contributed by atoms with E-state index in [1.54, 1.807) is 9.67 Å². The van der Waals surface area contributed by atoms with Gasteiger partial charge in [0.25, 0.3) is 0 Å². The van der Waals surface area contributed by atoms with Crippen LogP contribution < -0.4 is 0 Å². The molecule has 0 unspecified atom stereocenters. The predicted octanol–water partition coefficient (Wildman–Crippen LogP) is 1.79. The third-order valence-electron chi connectivity index (χ3n) is 0.968. The molecule has 1 rings (SSSR count). The van der Waals surface area contributed by atoms with Gasteiger partial charge >= 0.3 is 0 Å². The number of hydrogen-bond acceptors (Lipinski definition) is 1. The third-order valence-corrected chi connectivity index (χ3v) is 1.23. The first kappa shape index (κ1) is 6.55. The summed E-state index contributed by atoms with van der Waals surface area (Å²) in [5.41, 5.74) is 0.967. The van der Waals surface area contributed by atoms with E-state index >= 15 is 0 Å². The summed E-state index contributed by atoms with van der Waals surface area (Å²) in [4.78, 5) is 1.79. The second kappa shape index (κ2) is 2.82. The summed E-state index contributed by atoms with van der Waals surface area (Å²) in [6.45, 7) is 0. The summed E-state index contributed by atoms with van der Waals surface area (Å²) < 4.78 is 1.77. The Bertz CT molecular complexity index is 215. The van der Waals surface area contributed by atoms with Crippen LogP contribution in [0.15, 0.2) is 17.2 Å². The van der Waals surface area contributed by atoms with Crippen LogP contribution in [-0.4, -0.2) is 9.78 Å². The largest absolute Gasteiger partial charge is 0.275 e. The average molecular weight is 187 g/mol. The van der Waals surface area contributed by atoms with Crippen molar-refractivity contribution >= 4 is 22.0 Å². The van der Waals surface area contributed by atoms with Gasteiger partial charge < -0.3 is 0 Å². The van der Waals surface area contributed by atoms with Crippen LogP contribution in [0.5, 0.6) is 0 Å². The van der Waals surface area contributed by atoms with E-state index < -0.39 is 0 Å². The van der Waals surface area contributed by atoms with Gasteiger partial charge in [-0.3, -0.25) is 4.68 Å². The van der Waals surface area contributed by atoms with Crippen LogP contribution in [0, 0.1) is 0 Å². The molecule has 0 radical (unpaired) electrons. The lowest BCUT2D eigenvalue weighted by Crippen LogP contribution is -1.86. The SMILES string of the molecule is Cn1ccc(/C=C/Br)n1. The van der Waals surface area contributed by atoms with Gasteiger partial charge in [0.05, 0.1) is 5.69 Å². The Morgan fingerprint density at radius 1 is 1.78 bits per heavy atom. The van der Waals surface area contributed by atoms with Crippen LogP contribution in [0.1, 0.15) is 5.69 Å². The van der Waals surface area contributed by atoms with Gasteiger partial charge in [0, 0.05) is 13.2 Å². The minimum atomic E-state index is 0.967. The second-order valence-corrected chi connectivity index (χ2v) is 2.24. The Balaban J connectivity index is 2.85. The molecule has 0 spiro atoms. The Morgan fingerprint density at radius 2 is 2.56 bits per heavy atom. The topological polar surface area (TPSA) is 17.8 Å². The standard InChI is InChI=1S/C6H7BrN2/c1-9-5-3-6(8-9)2-4-7/h2-5H,1H3/b4-2+. The van der Waals surface area contributed by atoms with E-state index in [4.69, 9.17) is 0 Å². The minimum absolute atomic E-state index is 0.967. The first-order valence-corrected chi connectivity index (χ1v) is 3.51. The van der Waals surface area contributed by atoms with E-state index in [-0.39, 0.29) is 0 Å². The lowest BCUT2D eigenvalue weighted by molar-refractivity contribution is 0.764. The first-order valence-electron chi connectivity index (χ1n) is 2.59. The lowest BCUT2D eigenvalue weighted by atomic mass is 10.4. The molecule has 0 aliphatic carbocycles. The third kappa shape index (κ3) is 1.68. The van der Waals surface area contributed by atoms with E-state index in [2.05, 4.69) is 21.0 Å². The van der Waals surface area contributed by atoms with Crippen LogP contribution in [0.4, 0.5) is 0 Å². The van der Waals surface area contributed by atoms with Crippen molar-refractivity contribution in [2.24, 2.45) is 7.05 Å². The van der Waals surface area contributed by atoms with Gasteiger partial charge in [0.2, 0.25) is 0 Å². The molecule has 0 aliphatic heterocycles. The number of aromatic nitrogens is 2. The molecule has 1 heterocycles. The van der Waals surface area contributed by atoms with Crippen molar-refractivity contribution < 1.29 is 0 Å². The predicted molar refractivity (Wildman–Crippen MR) is 41.2 cm³/mol. The summed E-state index contributed by atoms with van der Waals surface area (Å²) in [6.07, 6.45) is 3.79. The van der Waals surface area contributed by atoms with Crippen molar-refractivity contribution in [1.29, 1.82) is 0 Å². The fraction of sp³-hybridized carbons (Fsp3) is 0.167. The molecule has 1 aromatic heterocycles. The Kier molecular flexibility index (Phi) is 2.05. The van der Waals surface area contributed by atoms with Gasteiger partial charge in [0.15, 0.2) is 0 Å². The van der Waals surface area contributed by atoms with Gasteiger partial charge in [-0.15, -0.1) is 0 Å². The molecule has 2 nitrogen and oxygen atoms in total. The van der Waals surface area contributed by atoms with Gasteiger partial charge in [-0.2, -0.15) is 5.10 Å². The Morgan fingerprint density at radius 3 is 3.00 bits per heavy atom. The minimum Gasteiger partial charge on any atom is -0.275 e. The molecule has 0 saturated carbocycles. The first-order chi connectivity index (χ1) is 4.33. The van der Waals surface area contributed by atoms with Crippen LogP contribution in [0.2, 0.25) is 0 Å². The molecule has 48 valence electrons. The maximum Gasteiger partial charge on any atom is 0.0855 e. The van der Waals surface area contributed by atoms with Gasteiger partial charge in [-0.05, 0) is 17.1 Å². The van der Waals surface area contributed by atoms with Crippen molar-refractivity contribution in [3.8, 4) is 0 Å². The van der Waals surface area contributed by atoms with Crippen LogP contribution in [0.3, 0.4) is 0 Å². The molecule has 9 heavy (non-hydrogen) atoms. The number of rotatable bonds is 1. The van der Waals surface area contributed by atoms with E-state index in [1.165, 1.54) is 0 Å². The number of aryl methyl sites for hydroxylation is 1. The summed E-state index contributed by atoms with van der Waals surface area (Å²) in [7, 11) is 1.89. The maximum absolute atomic E-state index is 4.10. The highest BCUT2D eigenvalue weighted by Gasteiger charge is 1.86. The van der Waals surface area contributed by atoms with Gasteiger partial charge in [-0.25, -0.2) is 0 Å². The van der Waals surface area contributed by atoms with Crippen molar-refractivity contribution in [3.05, 3.63) is 22.9 Å². The molecule has 0 bridgehead atoms. The fourth-order valence-corrected chi connectivity index (χ4v) is 0.857. The highest BCUT2D eigenvalue weighted by atomic mass is 79.9. The Hall–Kier alpha value is -0.570. The highest BCUT2D eigenvalue weighted by Crippen LogP contribution is 1.98. The molecule has 1 aromatic rings. The Labute approximate surface area is 62.3 Å². The molecular weight excluding hydrogens is 180 g/mol. The average Bonchev–Trinajstić information content (AvgIpc) is 2.17. The van der Waals surface area contributed by atoms with Crippen molar-refractivity contribution in [2.45, 2.75) is 0 Å². The molecule has 0 aliphatic rings. The normalized spacial score (nSPS) is 10.9. The van der Waals surface area contributed by atoms with Crippen molar-refractivity contribution in [1.82, 2.24) is 9.78 Å². The van der Waals surface area contributed by atoms with Crippen LogP contribution in [-0.2, 0) is 7.05 Å². The second-order valence-electron chi connectivity index (χ2n) is 1.71. The highest BCUT2D eigenvalue weighted by molar-refractivity contribution is 9.11. The molecule has 0 fully saturated rings. The van der Waals surface area contributed by atoms with Crippen molar-refractivity contribution in [2.75, 3.05) is 0 Å². The molecule has 0 aromatic carbocycles. The van der Waals surface area contributed by atoms with Gasteiger partial charge in [-0.1, -0.05) is 15.9 Å². The van der Waals surface area contributed by atoms with E-state index in [1.807, 2.05) is 25.4 Å². The van der Waals surface area contributed by atoms with Crippen LogP contribution >= 0.6 is 15.9 Å². The maximum atomic E-state index is 4.10. The number of nitrogens with zero attached hydrogens (tertiary/aromatic N) is 2. The van der Waals surface area contributed by atoms with Crippen molar-refractivity contribution in [3.63, 3.8) is 0 Å². The zero-order valence-corrected chi connectivity index (χ0v) is 6.67. The molecule has 3 heteroatoms. The monoisotopic (exact) mass is 186 g/mol. The summed E-state index contributed by atoms with van der Waals surface area (Å²) in [6, 6.07) is 1.94. The molecule has 0 amide bonds. The van der Waals surface area contributed by atoms with E-state index in [9.17, 15) is 0 Å². The van der Waals surface area contributed by atoms with Crippen LogP contribution in [0.25, 0.3) is 6.08 Å². The zero-order valence-electron chi connectivity index (χ0n) is 5.08.